The molecule has 17 heavy (non-hydrogen) atoms. The molecule has 0 spiro atoms. The van der Waals surface area contributed by atoms with E-state index in [9.17, 15) is 4.79 Å². The predicted molar refractivity (Wildman–Crippen MR) is 71.6 cm³/mol. The Morgan fingerprint density at radius 2 is 2.41 bits per heavy atom. The molecule has 4 heteroatoms. The molecule has 2 N–H and O–H groups in total. The van der Waals surface area contributed by atoms with Crippen molar-refractivity contribution in [3.63, 3.8) is 0 Å². The first-order chi connectivity index (χ1) is 8.10. The van der Waals surface area contributed by atoms with Gasteiger partial charge in [-0.2, -0.15) is 0 Å². The fourth-order valence-corrected chi connectivity index (χ4v) is 2.50. The van der Waals surface area contributed by atoms with E-state index in [4.69, 9.17) is 0 Å². The molecule has 0 radical (unpaired) electrons. The van der Waals surface area contributed by atoms with Crippen LogP contribution in [0.15, 0.2) is 28.7 Å². The minimum atomic E-state index is -0.244. The van der Waals surface area contributed by atoms with Crippen LogP contribution < -0.4 is 10.6 Å². The van der Waals surface area contributed by atoms with Gasteiger partial charge >= 0.3 is 0 Å². The van der Waals surface area contributed by atoms with Crippen LogP contribution >= 0.6 is 15.9 Å². The van der Waals surface area contributed by atoms with E-state index in [1.165, 1.54) is 0 Å². The molecule has 1 fully saturated rings. The Morgan fingerprint density at radius 3 is 3.06 bits per heavy atom. The second-order valence-electron chi connectivity index (χ2n) is 4.80. The lowest BCUT2D eigenvalue weighted by molar-refractivity contribution is -0.129. The van der Waals surface area contributed by atoms with Crippen LogP contribution in [-0.4, -0.2) is 19.0 Å². The monoisotopic (exact) mass is 296 g/mol. The van der Waals surface area contributed by atoms with Gasteiger partial charge in [0.15, 0.2) is 0 Å². The van der Waals surface area contributed by atoms with Crippen molar-refractivity contribution in [2.45, 2.75) is 19.9 Å². The number of benzene rings is 1. The minimum absolute atomic E-state index is 0.141. The van der Waals surface area contributed by atoms with Gasteiger partial charge in [0.1, 0.15) is 0 Å². The van der Waals surface area contributed by atoms with Crippen molar-refractivity contribution >= 4 is 21.8 Å². The molecule has 3 nitrogen and oxygen atoms in total. The zero-order valence-corrected chi connectivity index (χ0v) is 11.5. The summed E-state index contributed by atoms with van der Waals surface area (Å²) >= 11 is 3.42. The van der Waals surface area contributed by atoms with Gasteiger partial charge in [0, 0.05) is 17.6 Å². The first kappa shape index (κ1) is 12.6. The molecule has 92 valence electrons. The highest BCUT2D eigenvalue weighted by Gasteiger charge is 2.35. The summed E-state index contributed by atoms with van der Waals surface area (Å²) in [6.07, 6.45) is 0.914. The van der Waals surface area contributed by atoms with Gasteiger partial charge in [0.2, 0.25) is 5.91 Å². The number of carbonyl (C=O) groups is 1. The van der Waals surface area contributed by atoms with E-state index in [1.807, 2.05) is 31.2 Å². The first-order valence-electron chi connectivity index (χ1n) is 5.84. The average Bonchev–Trinajstić information content (AvgIpc) is 2.74. The Bertz CT molecular complexity index is 414. The van der Waals surface area contributed by atoms with E-state index in [0.29, 0.717) is 6.54 Å². The zero-order valence-electron chi connectivity index (χ0n) is 9.92. The Morgan fingerprint density at radius 1 is 1.59 bits per heavy atom. The summed E-state index contributed by atoms with van der Waals surface area (Å²) < 4.78 is 1.04. The van der Waals surface area contributed by atoms with Crippen molar-refractivity contribution in [2.24, 2.45) is 5.41 Å². The lowest BCUT2D eigenvalue weighted by Crippen LogP contribution is -2.39. The van der Waals surface area contributed by atoms with Gasteiger partial charge in [-0.3, -0.25) is 4.79 Å². The third-order valence-electron chi connectivity index (χ3n) is 3.26. The molecule has 0 aliphatic carbocycles. The molecular formula is C13H17BrN2O. The van der Waals surface area contributed by atoms with Crippen molar-refractivity contribution in [2.75, 3.05) is 13.1 Å². The van der Waals surface area contributed by atoms with Crippen molar-refractivity contribution < 1.29 is 4.79 Å². The van der Waals surface area contributed by atoms with Crippen LogP contribution in [0.3, 0.4) is 0 Å². The lowest BCUT2D eigenvalue weighted by Gasteiger charge is -2.21. The molecule has 1 heterocycles. The van der Waals surface area contributed by atoms with Gasteiger partial charge in [0.05, 0.1) is 5.41 Å². The maximum Gasteiger partial charge on any atom is 0.227 e. The van der Waals surface area contributed by atoms with Gasteiger partial charge in [-0.15, -0.1) is 0 Å². The zero-order chi connectivity index (χ0) is 12.3. The third-order valence-corrected chi connectivity index (χ3v) is 3.75. The highest BCUT2D eigenvalue weighted by Crippen LogP contribution is 2.24. The van der Waals surface area contributed by atoms with Crippen molar-refractivity contribution in [3.05, 3.63) is 34.3 Å². The van der Waals surface area contributed by atoms with E-state index < -0.39 is 0 Å². The van der Waals surface area contributed by atoms with E-state index in [1.54, 1.807) is 0 Å². The molecule has 2 rings (SSSR count). The second-order valence-corrected chi connectivity index (χ2v) is 5.72. The summed E-state index contributed by atoms with van der Waals surface area (Å²) in [7, 11) is 0. The topological polar surface area (TPSA) is 41.1 Å². The van der Waals surface area contributed by atoms with Crippen LogP contribution in [0.2, 0.25) is 0 Å². The van der Waals surface area contributed by atoms with Gasteiger partial charge in [-0.1, -0.05) is 28.1 Å². The van der Waals surface area contributed by atoms with E-state index in [0.717, 1.165) is 29.5 Å². The summed E-state index contributed by atoms with van der Waals surface area (Å²) in [5, 5.41) is 6.24. The smallest absolute Gasteiger partial charge is 0.227 e. The molecule has 1 aromatic rings. The van der Waals surface area contributed by atoms with Crippen molar-refractivity contribution in [1.82, 2.24) is 10.6 Å². The van der Waals surface area contributed by atoms with Crippen LogP contribution in [-0.2, 0) is 11.3 Å². The number of nitrogens with one attached hydrogen (secondary N) is 2. The average molecular weight is 297 g/mol. The molecule has 1 aliphatic rings. The van der Waals surface area contributed by atoms with Gasteiger partial charge in [-0.05, 0) is 37.6 Å². The Balaban J connectivity index is 1.92. The van der Waals surface area contributed by atoms with Crippen LogP contribution in [0.1, 0.15) is 18.9 Å². The molecule has 0 aromatic heterocycles. The Kier molecular flexibility index (Phi) is 3.84. The van der Waals surface area contributed by atoms with Gasteiger partial charge in [-0.25, -0.2) is 0 Å². The van der Waals surface area contributed by atoms with Crippen molar-refractivity contribution in [1.29, 1.82) is 0 Å². The maximum atomic E-state index is 12.1. The Labute approximate surface area is 110 Å². The van der Waals surface area contributed by atoms with Crippen LogP contribution in [0.25, 0.3) is 0 Å². The number of hydrogen-bond donors (Lipinski definition) is 2. The van der Waals surface area contributed by atoms with Gasteiger partial charge in [0.25, 0.3) is 0 Å². The summed E-state index contributed by atoms with van der Waals surface area (Å²) in [5.74, 6) is 0.141. The molecule has 1 atom stereocenters. The summed E-state index contributed by atoms with van der Waals surface area (Å²) in [5.41, 5.74) is 0.869. The molecule has 1 aliphatic heterocycles. The quantitative estimate of drug-likeness (QED) is 0.896. The number of amides is 1. The first-order valence-corrected chi connectivity index (χ1v) is 6.63. The standard InChI is InChI=1S/C13H17BrN2O/c1-13(5-6-15-9-13)12(17)16-8-10-3-2-4-11(14)7-10/h2-4,7,15H,5-6,8-9H2,1H3,(H,16,17). The van der Waals surface area contributed by atoms with Crippen LogP contribution in [0, 0.1) is 5.41 Å². The number of rotatable bonds is 3. The summed E-state index contributed by atoms with van der Waals surface area (Å²) in [4.78, 5) is 12.1. The molecule has 1 unspecified atom stereocenters. The SMILES string of the molecule is CC1(C(=O)NCc2cccc(Br)c2)CCNC1. The molecule has 0 saturated carbocycles. The predicted octanol–water partition coefficient (Wildman–Crippen LogP) is 2.06. The Hall–Kier alpha value is -0.870. The largest absolute Gasteiger partial charge is 0.352 e. The molecular weight excluding hydrogens is 280 g/mol. The van der Waals surface area contributed by atoms with Crippen LogP contribution in [0.5, 0.6) is 0 Å². The van der Waals surface area contributed by atoms with Crippen LogP contribution in [0.4, 0.5) is 0 Å². The van der Waals surface area contributed by atoms with E-state index in [-0.39, 0.29) is 11.3 Å². The molecule has 1 saturated heterocycles. The number of halogens is 1. The number of carbonyl (C=O) groups excluding carboxylic acids is 1. The van der Waals surface area contributed by atoms with Crippen molar-refractivity contribution in [3.8, 4) is 0 Å². The summed E-state index contributed by atoms with van der Waals surface area (Å²) in [6.45, 7) is 4.31. The second kappa shape index (κ2) is 5.19. The fourth-order valence-electron chi connectivity index (χ4n) is 2.05. The number of hydrogen-bond acceptors (Lipinski definition) is 2. The lowest BCUT2D eigenvalue weighted by atomic mass is 9.89. The fraction of sp³-hybridized carbons (Fsp3) is 0.462. The molecule has 0 bridgehead atoms. The minimum Gasteiger partial charge on any atom is -0.352 e. The normalized spacial score (nSPS) is 23.6. The molecule has 1 aromatic carbocycles. The highest BCUT2D eigenvalue weighted by atomic mass is 79.9. The van der Waals surface area contributed by atoms with E-state index in [2.05, 4.69) is 26.6 Å². The van der Waals surface area contributed by atoms with Gasteiger partial charge < -0.3 is 10.6 Å². The van der Waals surface area contributed by atoms with E-state index >= 15 is 0 Å². The maximum absolute atomic E-state index is 12.1. The third kappa shape index (κ3) is 3.07. The summed E-state index contributed by atoms with van der Waals surface area (Å²) in [6, 6.07) is 7.99. The molecule has 1 amide bonds. The highest BCUT2D eigenvalue weighted by molar-refractivity contribution is 9.10.